The number of fused-ring (bicyclic) bond motifs is 2. The first kappa shape index (κ1) is 10.3. The number of hydrogen-bond donors (Lipinski definition) is 0. The van der Waals surface area contributed by atoms with Gasteiger partial charge >= 0.3 is 5.97 Å². The van der Waals surface area contributed by atoms with Crippen LogP contribution in [0.4, 0.5) is 0 Å². The minimum atomic E-state index is -0.467. The minimum absolute atomic E-state index is 0.0197. The molecule has 0 saturated carbocycles. The van der Waals surface area contributed by atoms with E-state index in [1.165, 1.54) is 4.57 Å². The zero-order chi connectivity index (χ0) is 12.2. The van der Waals surface area contributed by atoms with Gasteiger partial charge in [0.25, 0.3) is 5.56 Å². The highest BCUT2D eigenvalue weighted by Crippen LogP contribution is 2.27. The SMILES string of the molecule is CC1C(=O)OCc2c1cc1n(c2=O)CCC1=O. The van der Waals surface area contributed by atoms with E-state index in [1.807, 2.05) is 0 Å². The highest BCUT2D eigenvalue weighted by atomic mass is 16.5. The van der Waals surface area contributed by atoms with Crippen molar-refractivity contribution in [1.82, 2.24) is 4.57 Å². The van der Waals surface area contributed by atoms with Gasteiger partial charge in [-0.1, -0.05) is 0 Å². The maximum Gasteiger partial charge on any atom is 0.313 e. The molecule has 0 fully saturated rings. The van der Waals surface area contributed by atoms with E-state index in [9.17, 15) is 14.4 Å². The van der Waals surface area contributed by atoms with Gasteiger partial charge < -0.3 is 9.30 Å². The van der Waals surface area contributed by atoms with Gasteiger partial charge in [-0.2, -0.15) is 0 Å². The van der Waals surface area contributed by atoms with Crippen LogP contribution in [0.5, 0.6) is 0 Å². The molecule has 0 N–H and O–H groups in total. The van der Waals surface area contributed by atoms with Crippen LogP contribution in [-0.4, -0.2) is 16.3 Å². The molecule has 0 aromatic carbocycles. The van der Waals surface area contributed by atoms with Gasteiger partial charge in [0.1, 0.15) is 6.61 Å². The second-order valence-electron chi connectivity index (χ2n) is 4.42. The number of carbonyl (C=O) groups is 2. The van der Waals surface area contributed by atoms with Gasteiger partial charge in [0.05, 0.1) is 17.2 Å². The van der Waals surface area contributed by atoms with Crippen LogP contribution in [0.2, 0.25) is 0 Å². The highest BCUT2D eigenvalue weighted by molar-refractivity contribution is 5.96. The van der Waals surface area contributed by atoms with Crippen molar-refractivity contribution >= 4 is 11.8 Å². The summed E-state index contributed by atoms with van der Waals surface area (Å²) < 4.78 is 6.43. The van der Waals surface area contributed by atoms with Crippen molar-refractivity contribution in [2.45, 2.75) is 32.4 Å². The molecule has 1 aromatic rings. The Hall–Kier alpha value is -1.91. The van der Waals surface area contributed by atoms with Gasteiger partial charge in [-0.05, 0) is 18.6 Å². The second kappa shape index (κ2) is 3.29. The normalized spacial score (nSPS) is 22.1. The number of cyclic esters (lactones) is 1. The molecule has 17 heavy (non-hydrogen) atoms. The Bertz CT molecular complexity index is 599. The first-order chi connectivity index (χ1) is 8.09. The predicted molar refractivity (Wildman–Crippen MR) is 57.9 cm³/mol. The van der Waals surface area contributed by atoms with Crippen LogP contribution in [0.15, 0.2) is 10.9 Å². The largest absolute Gasteiger partial charge is 0.460 e. The Labute approximate surface area is 97.0 Å². The average molecular weight is 233 g/mol. The number of hydrogen-bond acceptors (Lipinski definition) is 4. The molecular weight excluding hydrogens is 222 g/mol. The van der Waals surface area contributed by atoms with Crippen LogP contribution in [0.3, 0.4) is 0 Å². The Morgan fingerprint density at radius 3 is 2.88 bits per heavy atom. The van der Waals surface area contributed by atoms with Gasteiger partial charge in [0.2, 0.25) is 0 Å². The molecule has 1 aromatic heterocycles. The number of ketones is 1. The van der Waals surface area contributed by atoms with Crippen LogP contribution in [-0.2, 0) is 22.7 Å². The molecule has 2 aliphatic rings. The maximum atomic E-state index is 12.1. The lowest BCUT2D eigenvalue weighted by Gasteiger charge is -2.22. The number of nitrogens with zero attached hydrogens (tertiary/aromatic N) is 1. The quantitative estimate of drug-likeness (QED) is 0.615. The van der Waals surface area contributed by atoms with E-state index < -0.39 is 5.92 Å². The van der Waals surface area contributed by atoms with E-state index in [-0.39, 0.29) is 23.9 Å². The van der Waals surface area contributed by atoms with Crippen molar-refractivity contribution in [3.05, 3.63) is 33.2 Å². The lowest BCUT2D eigenvalue weighted by atomic mass is 9.94. The average Bonchev–Trinajstić information content (AvgIpc) is 2.67. The highest BCUT2D eigenvalue weighted by Gasteiger charge is 2.32. The Kier molecular flexibility index (Phi) is 1.98. The number of ether oxygens (including phenoxy) is 1. The Morgan fingerprint density at radius 1 is 1.35 bits per heavy atom. The number of rotatable bonds is 0. The third-order valence-corrected chi connectivity index (χ3v) is 3.46. The number of pyridine rings is 1. The lowest BCUT2D eigenvalue weighted by molar-refractivity contribution is -0.147. The van der Waals surface area contributed by atoms with Crippen molar-refractivity contribution < 1.29 is 14.3 Å². The molecule has 0 radical (unpaired) electrons. The summed E-state index contributed by atoms with van der Waals surface area (Å²) in [5, 5.41) is 0. The third kappa shape index (κ3) is 1.28. The molecule has 5 heteroatoms. The van der Waals surface area contributed by atoms with Crippen molar-refractivity contribution in [3.63, 3.8) is 0 Å². The van der Waals surface area contributed by atoms with Crippen molar-refractivity contribution in [2.75, 3.05) is 0 Å². The fraction of sp³-hybridized carbons (Fsp3) is 0.417. The molecule has 1 atom stereocenters. The first-order valence-corrected chi connectivity index (χ1v) is 5.56. The van der Waals surface area contributed by atoms with Crippen LogP contribution < -0.4 is 5.56 Å². The fourth-order valence-electron chi connectivity index (χ4n) is 2.43. The Balaban J connectivity index is 2.30. The zero-order valence-corrected chi connectivity index (χ0v) is 9.36. The van der Waals surface area contributed by atoms with E-state index in [1.54, 1.807) is 13.0 Å². The molecule has 3 rings (SSSR count). The Morgan fingerprint density at radius 2 is 2.12 bits per heavy atom. The molecular formula is C12H11NO4. The van der Waals surface area contributed by atoms with E-state index in [0.29, 0.717) is 29.8 Å². The predicted octanol–water partition coefficient (Wildman–Crippen LogP) is 0.595. The molecule has 0 saturated heterocycles. The molecule has 88 valence electrons. The first-order valence-electron chi connectivity index (χ1n) is 5.56. The van der Waals surface area contributed by atoms with Crippen molar-refractivity contribution in [3.8, 4) is 0 Å². The molecule has 0 aliphatic carbocycles. The molecule has 0 spiro atoms. The molecule has 3 heterocycles. The number of esters is 1. The molecule has 0 bridgehead atoms. The zero-order valence-electron chi connectivity index (χ0n) is 9.36. The lowest BCUT2D eigenvalue weighted by Crippen LogP contribution is -2.32. The minimum Gasteiger partial charge on any atom is -0.460 e. The van der Waals surface area contributed by atoms with Gasteiger partial charge in [-0.15, -0.1) is 0 Å². The van der Waals surface area contributed by atoms with Gasteiger partial charge in [0.15, 0.2) is 5.78 Å². The summed E-state index contributed by atoms with van der Waals surface area (Å²) in [5.41, 5.74) is 1.39. The summed E-state index contributed by atoms with van der Waals surface area (Å²) in [6.07, 6.45) is 0.362. The van der Waals surface area contributed by atoms with Crippen LogP contribution in [0.25, 0.3) is 0 Å². The summed E-state index contributed by atoms with van der Waals surface area (Å²) in [4.78, 5) is 35.2. The monoisotopic (exact) mass is 233 g/mol. The summed E-state index contributed by atoms with van der Waals surface area (Å²) >= 11 is 0. The topological polar surface area (TPSA) is 65.4 Å². The third-order valence-electron chi connectivity index (χ3n) is 3.46. The van der Waals surface area contributed by atoms with Gasteiger partial charge in [-0.3, -0.25) is 14.4 Å². The maximum absolute atomic E-state index is 12.1. The summed E-state index contributed by atoms with van der Waals surface area (Å²) in [6.45, 7) is 2.14. The van der Waals surface area contributed by atoms with Gasteiger partial charge in [0, 0.05) is 13.0 Å². The van der Waals surface area contributed by atoms with E-state index in [2.05, 4.69) is 0 Å². The van der Waals surface area contributed by atoms with Crippen LogP contribution in [0.1, 0.15) is 40.9 Å². The standard InChI is InChI=1S/C12H11NO4/c1-6-7-4-9-10(14)2-3-13(9)11(15)8(7)5-17-12(6)16/h4,6H,2-3,5H2,1H3. The molecule has 1 unspecified atom stereocenters. The van der Waals surface area contributed by atoms with E-state index in [4.69, 9.17) is 4.74 Å². The number of Topliss-reactive ketones (excluding diaryl/α,β-unsaturated/α-hetero) is 1. The smallest absolute Gasteiger partial charge is 0.313 e. The van der Waals surface area contributed by atoms with Crippen LogP contribution >= 0.6 is 0 Å². The summed E-state index contributed by atoms with van der Waals surface area (Å²) in [7, 11) is 0. The number of aromatic nitrogens is 1. The van der Waals surface area contributed by atoms with E-state index in [0.717, 1.165) is 0 Å². The van der Waals surface area contributed by atoms with Crippen molar-refractivity contribution in [2.24, 2.45) is 0 Å². The summed E-state index contributed by atoms with van der Waals surface area (Å²) in [5.74, 6) is -0.839. The fourth-order valence-corrected chi connectivity index (χ4v) is 2.43. The van der Waals surface area contributed by atoms with Crippen molar-refractivity contribution in [1.29, 1.82) is 0 Å². The number of carbonyl (C=O) groups excluding carboxylic acids is 2. The second-order valence-corrected chi connectivity index (χ2v) is 4.42. The molecule has 5 nitrogen and oxygen atoms in total. The van der Waals surface area contributed by atoms with Crippen LogP contribution in [0, 0.1) is 0 Å². The van der Waals surface area contributed by atoms with Gasteiger partial charge in [-0.25, -0.2) is 0 Å². The molecule has 2 aliphatic heterocycles. The summed E-state index contributed by atoms with van der Waals surface area (Å²) in [6, 6.07) is 1.68. The molecule has 0 amide bonds. The van der Waals surface area contributed by atoms with E-state index >= 15 is 0 Å².